The van der Waals surface area contributed by atoms with Gasteiger partial charge in [0.2, 0.25) is 0 Å². The van der Waals surface area contributed by atoms with Crippen LogP contribution >= 0.6 is 0 Å². The van der Waals surface area contributed by atoms with E-state index in [0.717, 1.165) is 12.3 Å². The third kappa shape index (κ3) is 3.30. The van der Waals surface area contributed by atoms with Crippen LogP contribution in [0.25, 0.3) is 0 Å². The summed E-state index contributed by atoms with van der Waals surface area (Å²) in [5.41, 5.74) is 1.39. The second-order valence-corrected chi connectivity index (χ2v) is 5.91. The highest BCUT2D eigenvalue weighted by atomic mass is 16.5. The summed E-state index contributed by atoms with van der Waals surface area (Å²) < 4.78 is 5.98. The number of rotatable bonds is 5. The van der Waals surface area contributed by atoms with Crippen LogP contribution in [0.2, 0.25) is 0 Å². The highest BCUT2D eigenvalue weighted by molar-refractivity contribution is 5.37. The molecule has 1 aliphatic carbocycles. The smallest absolute Gasteiger partial charge is 0.123 e. The summed E-state index contributed by atoms with van der Waals surface area (Å²) in [7, 11) is 0. The topological polar surface area (TPSA) is 21.3 Å². The molecule has 0 amide bonds. The van der Waals surface area contributed by atoms with Crippen LogP contribution in [0.1, 0.15) is 52.0 Å². The number of ether oxygens (including phenoxy) is 1. The minimum absolute atomic E-state index is 0.238. The summed E-state index contributed by atoms with van der Waals surface area (Å²) >= 11 is 0. The average Bonchev–Trinajstić information content (AvgIpc) is 2.72. The fourth-order valence-electron chi connectivity index (χ4n) is 3.30. The molecule has 1 saturated carbocycles. The second kappa shape index (κ2) is 6.42. The third-order valence-electron chi connectivity index (χ3n) is 4.21. The van der Waals surface area contributed by atoms with Crippen molar-refractivity contribution < 1.29 is 4.74 Å². The van der Waals surface area contributed by atoms with Crippen LogP contribution in [0, 0.1) is 5.92 Å². The third-order valence-corrected chi connectivity index (χ3v) is 4.21. The Kier molecular flexibility index (Phi) is 4.87. The van der Waals surface area contributed by atoms with E-state index in [4.69, 9.17) is 4.74 Å². The fraction of sp³-hybridized carbons (Fsp3) is 0.647. The first-order chi connectivity index (χ1) is 9.13. The van der Waals surface area contributed by atoms with Crippen molar-refractivity contribution in [3.8, 4) is 5.75 Å². The maximum atomic E-state index is 5.98. The van der Waals surface area contributed by atoms with Gasteiger partial charge in [0.05, 0.1) is 6.10 Å². The van der Waals surface area contributed by atoms with E-state index in [2.05, 4.69) is 57.3 Å². The first-order valence-corrected chi connectivity index (χ1v) is 7.62. The number of hydrogen-bond acceptors (Lipinski definition) is 2. The van der Waals surface area contributed by atoms with Crippen molar-refractivity contribution in [1.82, 2.24) is 5.32 Å². The lowest BCUT2D eigenvalue weighted by atomic mass is 9.88. The van der Waals surface area contributed by atoms with Crippen molar-refractivity contribution in [2.24, 2.45) is 5.92 Å². The van der Waals surface area contributed by atoms with Crippen LogP contribution in [0.3, 0.4) is 0 Å². The zero-order valence-corrected chi connectivity index (χ0v) is 12.6. The van der Waals surface area contributed by atoms with Gasteiger partial charge in [-0.1, -0.05) is 32.0 Å². The summed E-state index contributed by atoms with van der Waals surface area (Å²) in [6.45, 7) is 9.81. The highest BCUT2D eigenvalue weighted by Gasteiger charge is 2.34. The minimum Gasteiger partial charge on any atom is -0.491 e. The van der Waals surface area contributed by atoms with E-state index in [1.54, 1.807) is 0 Å². The summed E-state index contributed by atoms with van der Waals surface area (Å²) in [4.78, 5) is 0. The molecule has 19 heavy (non-hydrogen) atoms. The monoisotopic (exact) mass is 261 g/mol. The average molecular weight is 261 g/mol. The Bertz CT molecular complexity index is 402. The van der Waals surface area contributed by atoms with Gasteiger partial charge >= 0.3 is 0 Å². The largest absolute Gasteiger partial charge is 0.491 e. The number of benzene rings is 1. The second-order valence-electron chi connectivity index (χ2n) is 5.91. The summed E-state index contributed by atoms with van der Waals surface area (Å²) in [5.74, 6) is 2.38. The van der Waals surface area contributed by atoms with Crippen molar-refractivity contribution in [2.75, 3.05) is 6.54 Å². The van der Waals surface area contributed by atoms with Crippen LogP contribution in [0.5, 0.6) is 5.75 Å². The normalized spacial score (nSPS) is 26.9. The van der Waals surface area contributed by atoms with E-state index in [1.807, 2.05) is 0 Å². The van der Waals surface area contributed by atoms with Crippen LogP contribution in [0.4, 0.5) is 0 Å². The molecule has 0 radical (unpaired) electrons. The molecule has 0 spiro atoms. The van der Waals surface area contributed by atoms with Crippen LogP contribution in [-0.2, 0) is 0 Å². The van der Waals surface area contributed by atoms with Crippen LogP contribution in [-0.4, -0.2) is 18.7 Å². The molecular formula is C17H27NO. The molecule has 2 rings (SSSR count). The summed E-state index contributed by atoms with van der Waals surface area (Å²) in [6.07, 6.45) is 2.77. The minimum atomic E-state index is 0.238. The molecule has 1 aliphatic rings. The van der Waals surface area contributed by atoms with Crippen LogP contribution in [0.15, 0.2) is 24.3 Å². The molecule has 2 heteroatoms. The van der Waals surface area contributed by atoms with Gasteiger partial charge in [-0.3, -0.25) is 0 Å². The molecule has 2 nitrogen and oxygen atoms in total. The summed E-state index contributed by atoms with van der Waals surface area (Å²) in [5, 5.41) is 3.61. The van der Waals surface area contributed by atoms with Crippen molar-refractivity contribution in [3.63, 3.8) is 0 Å². The first-order valence-electron chi connectivity index (χ1n) is 7.62. The van der Waals surface area contributed by atoms with E-state index < -0.39 is 0 Å². The van der Waals surface area contributed by atoms with Crippen molar-refractivity contribution in [1.29, 1.82) is 0 Å². The quantitative estimate of drug-likeness (QED) is 0.866. The van der Waals surface area contributed by atoms with Crippen molar-refractivity contribution >= 4 is 0 Å². The molecule has 3 atom stereocenters. The van der Waals surface area contributed by atoms with E-state index in [-0.39, 0.29) is 6.10 Å². The molecule has 3 unspecified atom stereocenters. The molecule has 0 saturated heterocycles. The van der Waals surface area contributed by atoms with Gasteiger partial charge < -0.3 is 10.1 Å². The van der Waals surface area contributed by atoms with Gasteiger partial charge in [0, 0.05) is 6.04 Å². The van der Waals surface area contributed by atoms with Gasteiger partial charge in [-0.25, -0.2) is 0 Å². The van der Waals surface area contributed by atoms with E-state index in [0.29, 0.717) is 17.9 Å². The number of nitrogens with one attached hydrogen (secondary N) is 1. The molecule has 0 bridgehead atoms. The van der Waals surface area contributed by atoms with Gasteiger partial charge in [0.1, 0.15) is 5.75 Å². The standard InChI is InChI=1S/C17H27NO/c1-5-18-16-11-10-14(13(16)4)15-8-6-7-9-17(15)19-12(2)3/h6-9,12-14,16,18H,5,10-11H2,1-4H3. The number of para-hydroxylation sites is 1. The Morgan fingerprint density at radius 2 is 2.00 bits per heavy atom. The Balaban J connectivity index is 2.18. The Morgan fingerprint density at radius 1 is 1.26 bits per heavy atom. The molecule has 0 aliphatic heterocycles. The fourth-order valence-corrected chi connectivity index (χ4v) is 3.30. The predicted octanol–water partition coefficient (Wildman–Crippen LogP) is 3.97. The number of hydrogen-bond donors (Lipinski definition) is 1. The van der Waals surface area contributed by atoms with E-state index in [1.165, 1.54) is 18.4 Å². The molecule has 0 aromatic heterocycles. The lowest BCUT2D eigenvalue weighted by Gasteiger charge is -2.24. The van der Waals surface area contributed by atoms with Gasteiger partial charge in [-0.05, 0) is 56.7 Å². The van der Waals surface area contributed by atoms with Crippen LogP contribution < -0.4 is 10.1 Å². The highest BCUT2D eigenvalue weighted by Crippen LogP contribution is 2.43. The molecule has 1 aromatic rings. The molecule has 106 valence electrons. The lowest BCUT2D eigenvalue weighted by Crippen LogP contribution is -2.32. The molecule has 1 fully saturated rings. The van der Waals surface area contributed by atoms with E-state index in [9.17, 15) is 0 Å². The molecule has 0 heterocycles. The Morgan fingerprint density at radius 3 is 2.68 bits per heavy atom. The van der Waals surface area contributed by atoms with Crippen molar-refractivity contribution in [3.05, 3.63) is 29.8 Å². The van der Waals surface area contributed by atoms with Gasteiger partial charge in [0.25, 0.3) is 0 Å². The maximum absolute atomic E-state index is 5.98. The Labute approximate surface area is 117 Å². The summed E-state index contributed by atoms with van der Waals surface area (Å²) in [6, 6.07) is 9.22. The van der Waals surface area contributed by atoms with Gasteiger partial charge in [-0.2, -0.15) is 0 Å². The first kappa shape index (κ1) is 14.4. The molecule has 1 aromatic carbocycles. The molecule has 1 N–H and O–H groups in total. The van der Waals surface area contributed by atoms with Crippen molar-refractivity contribution in [2.45, 2.75) is 58.6 Å². The van der Waals surface area contributed by atoms with Gasteiger partial charge in [-0.15, -0.1) is 0 Å². The van der Waals surface area contributed by atoms with Gasteiger partial charge in [0.15, 0.2) is 0 Å². The zero-order valence-electron chi connectivity index (χ0n) is 12.6. The zero-order chi connectivity index (χ0) is 13.8. The maximum Gasteiger partial charge on any atom is 0.123 e. The molecular weight excluding hydrogens is 234 g/mol. The lowest BCUT2D eigenvalue weighted by molar-refractivity contribution is 0.237. The SMILES string of the molecule is CCNC1CCC(c2ccccc2OC(C)C)C1C. The van der Waals surface area contributed by atoms with E-state index >= 15 is 0 Å². The Hall–Kier alpha value is -1.02. The predicted molar refractivity (Wildman–Crippen MR) is 80.8 cm³/mol.